The monoisotopic (exact) mass is 333 g/mol. The molecule has 3 heteroatoms. The van der Waals surface area contributed by atoms with E-state index in [0.29, 0.717) is 13.1 Å². The van der Waals surface area contributed by atoms with Gasteiger partial charge in [-0.05, 0) is 37.0 Å². The Morgan fingerprint density at radius 2 is 1.60 bits per heavy atom. The predicted octanol–water partition coefficient (Wildman–Crippen LogP) is 4.13. The maximum Gasteiger partial charge on any atom is 0.246 e. The van der Waals surface area contributed by atoms with E-state index in [1.54, 1.807) is 6.08 Å². The minimum Gasteiger partial charge on any atom is -0.339 e. The van der Waals surface area contributed by atoms with E-state index in [1.807, 2.05) is 72.5 Å². The second-order valence-corrected chi connectivity index (χ2v) is 6.52. The number of benzene rings is 2. The van der Waals surface area contributed by atoms with Crippen molar-refractivity contribution in [2.45, 2.75) is 19.8 Å². The van der Waals surface area contributed by atoms with Crippen LogP contribution in [0.1, 0.15) is 34.3 Å². The van der Waals surface area contributed by atoms with Crippen LogP contribution >= 0.6 is 0 Å². The van der Waals surface area contributed by atoms with Gasteiger partial charge in [0, 0.05) is 30.6 Å². The van der Waals surface area contributed by atoms with Crippen molar-refractivity contribution < 1.29 is 9.59 Å². The molecule has 0 aliphatic carbocycles. The lowest BCUT2D eigenvalue weighted by molar-refractivity contribution is -0.127. The molecule has 0 N–H and O–H groups in total. The molecule has 128 valence electrons. The molecule has 0 bridgehead atoms. The van der Waals surface area contributed by atoms with Crippen LogP contribution < -0.4 is 0 Å². The number of likely N-dealkylation sites (tertiary alicyclic amines) is 1. The van der Waals surface area contributed by atoms with Crippen molar-refractivity contribution in [2.75, 3.05) is 13.1 Å². The van der Waals surface area contributed by atoms with Crippen LogP contribution in [0, 0.1) is 12.8 Å². The summed E-state index contributed by atoms with van der Waals surface area (Å²) in [4.78, 5) is 26.7. The summed E-state index contributed by atoms with van der Waals surface area (Å²) in [6.07, 6.45) is 4.98. The lowest BCUT2D eigenvalue weighted by Gasteiger charge is -2.30. The van der Waals surface area contributed by atoms with E-state index in [0.717, 1.165) is 29.5 Å². The minimum atomic E-state index is 0.0202. The maximum atomic E-state index is 12.5. The predicted molar refractivity (Wildman–Crippen MR) is 100 cm³/mol. The number of carbonyl (C=O) groups excluding carboxylic acids is 2. The molecule has 0 aromatic heterocycles. The van der Waals surface area contributed by atoms with E-state index in [1.165, 1.54) is 0 Å². The standard InChI is InChI=1S/C22H23NO2/c1-17-7-5-6-8-18(17)11-12-21(24)23-15-13-20(14-16-23)22(25)19-9-3-2-4-10-19/h2-12,20H,13-16H2,1H3/b12-11+. The van der Waals surface area contributed by atoms with Crippen molar-refractivity contribution in [1.29, 1.82) is 0 Å². The Balaban J connectivity index is 1.56. The van der Waals surface area contributed by atoms with Gasteiger partial charge in [-0.1, -0.05) is 54.6 Å². The number of piperidine rings is 1. The van der Waals surface area contributed by atoms with Gasteiger partial charge in [0.1, 0.15) is 0 Å². The number of rotatable bonds is 4. The summed E-state index contributed by atoms with van der Waals surface area (Å²) in [6, 6.07) is 17.4. The van der Waals surface area contributed by atoms with Gasteiger partial charge in [-0.15, -0.1) is 0 Å². The zero-order valence-electron chi connectivity index (χ0n) is 14.5. The fraction of sp³-hybridized carbons (Fsp3) is 0.273. The largest absolute Gasteiger partial charge is 0.339 e. The number of hydrogen-bond acceptors (Lipinski definition) is 2. The topological polar surface area (TPSA) is 37.4 Å². The first-order chi connectivity index (χ1) is 12.1. The van der Waals surface area contributed by atoms with Gasteiger partial charge >= 0.3 is 0 Å². The van der Waals surface area contributed by atoms with Crippen LogP contribution in [0.25, 0.3) is 6.08 Å². The third-order valence-electron chi connectivity index (χ3n) is 4.83. The highest BCUT2D eigenvalue weighted by Crippen LogP contribution is 2.22. The number of carbonyl (C=O) groups is 2. The first kappa shape index (κ1) is 17.2. The Labute approximate surface area is 149 Å². The van der Waals surface area contributed by atoms with Gasteiger partial charge in [0.05, 0.1) is 0 Å². The Hall–Kier alpha value is -2.68. The Morgan fingerprint density at radius 1 is 0.960 bits per heavy atom. The number of amides is 1. The molecule has 3 rings (SSSR count). The first-order valence-electron chi connectivity index (χ1n) is 8.77. The molecule has 0 spiro atoms. The van der Waals surface area contributed by atoms with Gasteiger partial charge < -0.3 is 4.90 Å². The molecule has 3 nitrogen and oxygen atoms in total. The van der Waals surface area contributed by atoms with E-state index in [-0.39, 0.29) is 17.6 Å². The maximum absolute atomic E-state index is 12.5. The molecule has 1 saturated heterocycles. The summed E-state index contributed by atoms with van der Waals surface area (Å²) < 4.78 is 0. The van der Waals surface area contributed by atoms with Crippen molar-refractivity contribution in [2.24, 2.45) is 5.92 Å². The van der Waals surface area contributed by atoms with Crippen LogP contribution in [-0.2, 0) is 4.79 Å². The van der Waals surface area contributed by atoms with Crippen LogP contribution in [0.3, 0.4) is 0 Å². The highest BCUT2D eigenvalue weighted by atomic mass is 16.2. The summed E-state index contributed by atoms with van der Waals surface area (Å²) in [5.41, 5.74) is 2.98. The zero-order valence-corrected chi connectivity index (χ0v) is 14.5. The second kappa shape index (κ2) is 7.93. The highest BCUT2D eigenvalue weighted by molar-refractivity contribution is 5.98. The molecule has 0 unspecified atom stereocenters. The zero-order chi connectivity index (χ0) is 17.6. The summed E-state index contributed by atoms with van der Waals surface area (Å²) in [7, 11) is 0. The molecular formula is C22H23NO2. The molecular weight excluding hydrogens is 310 g/mol. The summed E-state index contributed by atoms with van der Waals surface area (Å²) >= 11 is 0. The van der Waals surface area contributed by atoms with Crippen molar-refractivity contribution in [3.05, 3.63) is 77.4 Å². The number of nitrogens with zero attached hydrogens (tertiary/aromatic N) is 1. The molecule has 1 heterocycles. The number of Topliss-reactive ketones (excluding diaryl/α,β-unsaturated/α-hetero) is 1. The van der Waals surface area contributed by atoms with Gasteiger partial charge in [0.2, 0.25) is 5.91 Å². The summed E-state index contributed by atoms with van der Waals surface area (Å²) in [5, 5.41) is 0. The van der Waals surface area contributed by atoms with Gasteiger partial charge in [0.15, 0.2) is 5.78 Å². The van der Waals surface area contributed by atoms with E-state index in [2.05, 4.69) is 0 Å². The van der Waals surface area contributed by atoms with Gasteiger partial charge in [0.25, 0.3) is 0 Å². The quantitative estimate of drug-likeness (QED) is 0.623. The Bertz CT molecular complexity index is 772. The molecule has 2 aromatic carbocycles. The average molecular weight is 333 g/mol. The number of ketones is 1. The summed E-state index contributed by atoms with van der Waals surface area (Å²) in [6.45, 7) is 3.31. The lowest BCUT2D eigenvalue weighted by atomic mass is 9.89. The summed E-state index contributed by atoms with van der Waals surface area (Å²) in [5.74, 6) is 0.240. The van der Waals surface area contributed by atoms with Crippen LogP contribution in [-0.4, -0.2) is 29.7 Å². The molecule has 1 aliphatic rings. The van der Waals surface area contributed by atoms with E-state index in [4.69, 9.17) is 0 Å². The van der Waals surface area contributed by atoms with E-state index in [9.17, 15) is 9.59 Å². The molecule has 0 radical (unpaired) electrons. The van der Waals surface area contributed by atoms with Crippen LogP contribution in [0.4, 0.5) is 0 Å². The highest BCUT2D eigenvalue weighted by Gasteiger charge is 2.27. The third kappa shape index (κ3) is 4.24. The second-order valence-electron chi connectivity index (χ2n) is 6.52. The number of hydrogen-bond donors (Lipinski definition) is 0. The van der Waals surface area contributed by atoms with Crippen LogP contribution in [0.2, 0.25) is 0 Å². The first-order valence-corrected chi connectivity index (χ1v) is 8.77. The molecule has 2 aromatic rings. The average Bonchev–Trinajstić information content (AvgIpc) is 2.67. The molecule has 25 heavy (non-hydrogen) atoms. The molecule has 1 fully saturated rings. The van der Waals surface area contributed by atoms with Crippen molar-refractivity contribution in [3.8, 4) is 0 Å². The van der Waals surface area contributed by atoms with Gasteiger partial charge in [-0.3, -0.25) is 9.59 Å². The Kier molecular flexibility index (Phi) is 5.44. The smallest absolute Gasteiger partial charge is 0.246 e. The number of aryl methyl sites for hydroxylation is 1. The normalized spacial score (nSPS) is 15.5. The van der Waals surface area contributed by atoms with E-state index < -0.39 is 0 Å². The molecule has 1 aliphatic heterocycles. The van der Waals surface area contributed by atoms with Gasteiger partial charge in [-0.2, -0.15) is 0 Å². The van der Waals surface area contributed by atoms with Crippen LogP contribution in [0.5, 0.6) is 0 Å². The minimum absolute atomic E-state index is 0.0202. The molecule has 0 saturated carbocycles. The fourth-order valence-electron chi connectivity index (χ4n) is 3.24. The van der Waals surface area contributed by atoms with Crippen LogP contribution in [0.15, 0.2) is 60.7 Å². The lowest BCUT2D eigenvalue weighted by Crippen LogP contribution is -2.39. The fourth-order valence-corrected chi connectivity index (χ4v) is 3.24. The van der Waals surface area contributed by atoms with Crippen molar-refractivity contribution in [3.63, 3.8) is 0 Å². The van der Waals surface area contributed by atoms with Crippen molar-refractivity contribution in [1.82, 2.24) is 4.90 Å². The Morgan fingerprint density at radius 3 is 2.28 bits per heavy atom. The molecule has 0 atom stereocenters. The third-order valence-corrected chi connectivity index (χ3v) is 4.83. The SMILES string of the molecule is Cc1ccccc1/C=C/C(=O)N1CCC(C(=O)c2ccccc2)CC1. The van der Waals surface area contributed by atoms with Crippen molar-refractivity contribution >= 4 is 17.8 Å². The van der Waals surface area contributed by atoms with Gasteiger partial charge in [-0.25, -0.2) is 0 Å². The van der Waals surface area contributed by atoms with E-state index >= 15 is 0 Å². The molecule has 1 amide bonds.